The van der Waals surface area contributed by atoms with E-state index in [2.05, 4.69) is 0 Å². The van der Waals surface area contributed by atoms with Crippen LogP contribution in [-0.4, -0.2) is 56.6 Å². The molecule has 1 heterocycles. The van der Waals surface area contributed by atoms with Crippen molar-refractivity contribution in [2.45, 2.75) is 45.6 Å². The van der Waals surface area contributed by atoms with Gasteiger partial charge in [-0.25, -0.2) is 3.97 Å². The average Bonchev–Trinajstić information content (AvgIpc) is 3.01. The molecule has 2 aromatic rings. The van der Waals surface area contributed by atoms with Gasteiger partial charge in [0.15, 0.2) is 0 Å². The van der Waals surface area contributed by atoms with Gasteiger partial charge < -0.3 is 9.64 Å². The second kappa shape index (κ2) is 8.45. The van der Waals surface area contributed by atoms with Crippen molar-refractivity contribution >= 4 is 27.2 Å². The molecular formula is C21H30N2O5S. The van der Waals surface area contributed by atoms with E-state index < -0.39 is 21.7 Å². The Morgan fingerprint density at radius 3 is 2.55 bits per heavy atom. The maximum atomic E-state index is 12.9. The number of carbonyl (C=O) groups excluding carboxylic acids is 1. The molecule has 29 heavy (non-hydrogen) atoms. The number of para-hydroxylation sites is 1. The number of rotatable bonds is 9. The number of likely N-dealkylation sites (N-methyl/N-ethyl adjacent to an activating group) is 1. The minimum atomic E-state index is -4.10. The number of aromatic nitrogens is 1. The second-order valence-corrected chi connectivity index (χ2v) is 10.1. The van der Waals surface area contributed by atoms with Gasteiger partial charge in [0, 0.05) is 18.1 Å². The monoisotopic (exact) mass is 422 g/mol. The van der Waals surface area contributed by atoms with Gasteiger partial charge in [0.2, 0.25) is 0 Å². The summed E-state index contributed by atoms with van der Waals surface area (Å²) in [5.41, 5.74) is 0.445. The highest BCUT2D eigenvalue weighted by atomic mass is 32.2. The third-order valence-electron chi connectivity index (χ3n) is 5.28. The van der Waals surface area contributed by atoms with Gasteiger partial charge in [-0.05, 0) is 65.3 Å². The van der Waals surface area contributed by atoms with E-state index in [9.17, 15) is 13.2 Å². The molecule has 0 atom stereocenters. The topological polar surface area (TPSA) is 77.8 Å². The molecule has 3 rings (SSSR count). The van der Waals surface area contributed by atoms with E-state index in [0.29, 0.717) is 5.52 Å². The van der Waals surface area contributed by atoms with E-state index in [1.807, 2.05) is 31.1 Å². The molecule has 1 fully saturated rings. The van der Waals surface area contributed by atoms with Crippen molar-refractivity contribution in [3.8, 4) is 0 Å². The van der Waals surface area contributed by atoms with Crippen molar-refractivity contribution < 1.29 is 22.1 Å². The first kappa shape index (κ1) is 21.8. The quantitative estimate of drug-likeness (QED) is 0.578. The second-order valence-electron chi connectivity index (χ2n) is 8.58. The molecule has 0 saturated heterocycles. The van der Waals surface area contributed by atoms with Crippen molar-refractivity contribution in [1.82, 2.24) is 8.87 Å². The third-order valence-corrected chi connectivity index (χ3v) is 6.48. The number of fused-ring (bicyclic) bond motifs is 1. The van der Waals surface area contributed by atoms with Gasteiger partial charge in [-0.1, -0.05) is 18.2 Å². The minimum absolute atomic E-state index is 0.0500. The van der Waals surface area contributed by atoms with Gasteiger partial charge in [0.25, 0.3) is 0 Å². The van der Waals surface area contributed by atoms with Crippen LogP contribution < -0.4 is 0 Å². The van der Waals surface area contributed by atoms with Gasteiger partial charge in [0.05, 0.1) is 17.5 Å². The van der Waals surface area contributed by atoms with E-state index in [1.54, 1.807) is 32.2 Å². The summed E-state index contributed by atoms with van der Waals surface area (Å²) in [4.78, 5) is 14.4. The lowest BCUT2D eigenvalue weighted by molar-refractivity contribution is -0.165. The highest BCUT2D eigenvalue weighted by Gasteiger charge is 2.35. The highest BCUT2D eigenvalue weighted by Crippen LogP contribution is 2.28. The number of benzene rings is 1. The Labute approximate surface area is 172 Å². The smallest absolute Gasteiger partial charge is 0.366 e. The van der Waals surface area contributed by atoms with Crippen LogP contribution in [0.25, 0.3) is 10.9 Å². The maximum Gasteiger partial charge on any atom is 0.366 e. The van der Waals surface area contributed by atoms with Crippen LogP contribution in [0.4, 0.5) is 0 Å². The van der Waals surface area contributed by atoms with Gasteiger partial charge in [-0.3, -0.25) is 8.98 Å². The molecule has 1 aliphatic carbocycles. The standard InChI is InChI=1S/C21H30N2O5S/c1-21(2,20(24)28-17-8-7-9-17)15-27-29(25,26)23-14-16(12-13-22(3)4)18-10-5-6-11-19(18)23/h5-6,10-11,14,17H,7-9,12-13,15H2,1-4H3. The molecule has 1 saturated carbocycles. The average molecular weight is 423 g/mol. The summed E-state index contributed by atoms with van der Waals surface area (Å²) in [7, 11) is -0.144. The molecule has 160 valence electrons. The zero-order valence-electron chi connectivity index (χ0n) is 17.6. The summed E-state index contributed by atoms with van der Waals surface area (Å²) in [5.74, 6) is -0.429. The Kier molecular flexibility index (Phi) is 6.36. The SMILES string of the molecule is CN(C)CCc1cn(S(=O)(=O)OCC(C)(C)C(=O)OC2CCC2)c2ccccc12. The number of ether oxygens (including phenoxy) is 1. The first-order valence-corrected chi connectivity index (χ1v) is 11.3. The number of carbonyl (C=O) groups is 1. The first-order chi connectivity index (χ1) is 13.6. The van der Waals surface area contributed by atoms with Crippen molar-refractivity contribution in [2.24, 2.45) is 5.41 Å². The number of hydrogen-bond donors (Lipinski definition) is 0. The van der Waals surface area contributed by atoms with E-state index in [-0.39, 0.29) is 12.7 Å². The van der Waals surface area contributed by atoms with Crippen molar-refractivity contribution in [3.63, 3.8) is 0 Å². The molecule has 0 bridgehead atoms. The summed E-state index contributed by atoms with van der Waals surface area (Å²) in [6, 6.07) is 7.35. The van der Waals surface area contributed by atoms with Crippen LogP contribution in [-0.2, 0) is 30.4 Å². The van der Waals surface area contributed by atoms with Gasteiger partial charge >= 0.3 is 16.3 Å². The molecule has 0 radical (unpaired) electrons. The van der Waals surface area contributed by atoms with Crippen LogP contribution in [0.3, 0.4) is 0 Å². The van der Waals surface area contributed by atoms with E-state index >= 15 is 0 Å². The first-order valence-electron chi connectivity index (χ1n) is 9.95. The lowest BCUT2D eigenvalue weighted by Gasteiger charge is -2.30. The zero-order chi connectivity index (χ0) is 21.2. The molecule has 1 aliphatic rings. The summed E-state index contributed by atoms with van der Waals surface area (Å²) < 4.78 is 37.8. The van der Waals surface area contributed by atoms with Gasteiger partial charge in [-0.2, -0.15) is 8.42 Å². The van der Waals surface area contributed by atoms with Crippen LogP contribution in [0.2, 0.25) is 0 Å². The summed E-state index contributed by atoms with van der Waals surface area (Å²) in [6.45, 7) is 3.80. The Hall–Kier alpha value is -1.90. The fraction of sp³-hybridized carbons (Fsp3) is 0.571. The summed E-state index contributed by atoms with van der Waals surface area (Å²) in [6.07, 6.45) is 5.07. The molecule has 0 amide bonds. The fourth-order valence-corrected chi connectivity index (χ4v) is 4.30. The van der Waals surface area contributed by atoms with Crippen LogP contribution in [0.15, 0.2) is 30.5 Å². The van der Waals surface area contributed by atoms with Crippen LogP contribution >= 0.6 is 0 Å². The third kappa shape index (κ3) is 4.99. The van der Waals surface area contributed by atoms with Gasteiger partial charge in [0.1, 0.15) is 6.10 Å². The Morgan fingerprint density at radius 2 is 1.93 bits per heavy atom. The fourth-order valence-electron chi connectivity index (χ4n) is 3.08. The van der Waals surface area contributed by atoms with Crippen LogP contribution in [0.5, 0.6) is 0 Å². The van der Waals surface area contributed by atoms with Crippen molar-refractivity contribution in [2.75, 3.05) is 27.2 Å². The lowest BCUT2D eigenvalue weighted by Crippen LogP contribution is -2.37. The Bertz CT molecular complexity index is 974. The number of hydrogen-bond acceptors (Lipinski definition) is 6. The molecule has 0 spiro atoms. The van der Waals surface area contributed by atoms with E-state index in [0.717, 1.165) is 43.2 Å². The molecular weight excluding hydrogens is 392 g/mol. The molecule has 8 heteroatoms. The Balaban J connectivity index is 1.78. The van der Waals surface area contributed by atoms with Crippen molar-refractivity contribution in [3.05, 3.63) is 36.0 Å². The zero-order valence-corrected chi connectivity index (χ0v) is 18.4. The minimum Gasteiger partial charge on any atom is -0.462 e. The Morgan fingerprint density at radius 1 is 1.24 bits per heavy atom. The number of esters is 1. The van der Waals surface area contributed by atoms with Crippen LogP contribution in [0, 0.1) is 5.41 Å². The normalized spacial score (nSPS) is 15.6. The van der Waals surface area contributed by atoms with Gasteiger partial charge in [-0.15, -0.1) is 0 Å². The predicted molar refractivity (Wildman–Crippen MR) is 112 cm³/mol. The molecule has 0 aliphatic heterocycles. The van der Waals surface area contributed by atoms with E-state index in [4.69, 9.17) is 8.92 Å². The highest BCUT2D eigenvalue weighted by molar-refractivity contribution is 7.85. The predicted octanol–water partition coefficient (Wildman–Crippen LogP) is 2.98. The number of nitrogens with zero attached hydrogens (tertiary/aromatic N) is 2. The lowest BCUT2D eigenvalue weighted by atomic mass is 9.93. The molecule has 0 N–H and O–H groups in total. The summed E-state index contributed by atoms with van der Waals surface area (Å²) in [5, 5.41) is 0.880. The summed E-state index contributed by atoms with van der Waals surface area (Å²) >= 11 is 0. The van der Waals surface area contributed by atoms with E-state index in [1.165, 1.54) is 3.97 Å². The van der Waals surface area contributed by atoms with Crippen LogP contribution in [0.1, 0.15) is 38.7 Å². The molecule has 7 nitrogen and oxygen atoms in total. The maximum absolute atomic E-state index is 12.9. The largest absolute Gasteiger partial charge is 0.462 e. The molecule has 0 unspecified atom stereocenters. The molecule has 1 aromatic carbocycles. The molecule has 1 aromatic heterocycles. The van der Waals surface area contributed by atoms with Crippen molar-refractivity contribution in [1.29, 1.82) is 0 Å².